The molecule has 7 heteroatoms. The van der Waals surface area contributed by atoms with E-state index in [1.165, 1.54) is 11.7 Å². The lowest BCUT2D eigenvalue weighted by molar-refractivity contribution is -0.145. The summed E-state index contributed by atoms with van der Waals surface area (Å²) in [6.07, 6.45) is 0.417. The lowest BCUT2D eigenvalue weighted by Crippen LogP contribution is -2.24. The number of aromatic nitrogens is 2. The van der Waals surface area contributed by atoms with Gasteiger partial charge in [0.25, 0.3) is 0 Å². The van der Waals surface area contributed by atoms with Crippen LogP contribution in [0.1, 0.15) is 26.3 Å². The van der Waals surface area contributed by atoms with E-state index in [2.05, 4.69) is 4.98 Å². The number of methoxy groups -OCH3 is 1. The number of halogens is 2. The molecule has 0 saturated heterocycles. The zero-order valence-electron chi connectivity index (χ0n) is 12.1. The standard InChI is InChI=1S/C14H17F2N3O2/c1-7(2)4-11(13(20)21-3)19-10-6-8(15)5-9(16)12(10)18-14(19)17/h5-7,11H,4H2,1-3H3,(H2,17,18). The van der Waals surface area contributed by atoms with E-state index in [0.717, 1.165) is 12.1 Å². The molecular formula is C14H17F2N3O2. The normalized spacial score (nSPS) is 12.9. The number of nitrogens with two attached hydrogens (primary N) is 1. The molecule has 1 unspecified atom stereocenters. The Balaban J connectivity index is 2.67. The number of nitrogen functional groups attached to an aromatic ring is 1. The van der Waals surface area contributed by atoms with Crippen molar-refractivity contribution in [3.05, 3.63) is 23.8 Å². The van der Waals surface area contributed by atoms with Crippen LogP contribution in [0.25, 0.3) is 11.0 Å². The van der Waals surface area contributed by atoms with Crippen molar-refractivity contribution in [2.24, 2.45) is 5.92 Å². The van der Waals surface area contributed by atoms with Crippen molar-refractivity contribution in [3.8, 4) is 0 Å². The summed E-state index contributed by atoms with van der Waals surface area (Å²) in [5.41, 5.74) is 5.87. The molecule has 0 saturated carbocycles. The van der Waals surface area contributed by atoms with Crippen LogP contribution in [0.3, 0.4) is 0 Å². The molecule has 21 heavy (non-hydrogen) atoms. The van der Waals surface area contributed by atoms with E-state index in [1.807, 2.05) is 13.8 Å². The summed E-state index contributed by atoms with van der Waals surface area (Å²) in [7, 11) is 1.26. The summed E-state index contributed by atoms with van der Waals surface area (Å²) < 4.78 is 33.3. The maximum Gasteiger partial charge on any atom is 0.328 e. The SMILES string of the molecule is COC(=O)C(CC(C)C)n1c(N)nc2c(F)cc(F)cc21. The molecule has 2 aromatic rings. The second kappa shape index (κ2) is 5.67. The van der Waals surface area contributed by atoms with Crippen LogP contribution in [-0.4, -0.2) is 22.6 Å². The van der Waals surface area contributed by atoms with Crippen molar-refractivity contribution < 1.29 is 18.3 Å². The lowest BCUT2D eigenvalue weighted by atomic mass is 10.0. The molecule has 2 rings (SSSR count). The Morgan fingerprint density at radius 3 is 2.67 bits per heavy atom. The summed E-state index contributed by atoms with van der Waals surface area (Å²) in [6.45, 7) is 3.85. The number of benzene rings is 1. The quantitative estimate of drug-likeness (QED) is 0.881. The highest BCUT2D eigenvalue weighted by atomic mass is 19.1. The van der Waals surface area contributed by atoms with E-state index >= 15 is 0 Å². The highest BCUT2D eigenvalue weighted by Gasteiger charge is 2.27. The van der Waals surface area contributed by atoms with Crippen LogP contribution in [0.15, 0.2) is 12.1 Å². The second-order valence-corrected chi connectivity index (χ2v) is 5.26. The van der Waals surface area contributed by atoms with E-state index in [-0.39, 0.29) is 22.9 Å². The average molecular weight is 297 g/mol. The van der Waals surface area contributed by atoms with E-state index in [4.69, 9.17) is 10.5 Å². The molecule has 1 heterocycles. The number of hydrogen-bond acceptors (Lipinski definition) is 4. The average Bonchev–Trinajstić information content (AvgIpc) is 2.72. The Hall–Kier alpha value is -2.18. The van der Waals surface area contributed by atoms with E-state index in [0.29, 0.717) is 6.42 Å². The first kappa shape index (κ1) is 15.2. The van der Waals surface area contributed by atoms with Gasteiger partial charge in [-0.3, -0.25) is 4.57 Å². The summed E-state index contributed by atoms with van der Waals surface area (Å²) in [4.78, 5) is 15.9. The zero-order chi connectivity index (χ0) is 15.7. The first-order valence-corrected chi connectivity index (χ1v) is 6.55. The molecule has 1 aromatic carbocycles. The fraction of sp³-hybridized carbons (Fsp3) is 0.429. The topological polar surface area (TPSA) is 70.1 Å². The number of ether oxygens (including phenoxy) is 1. The third-order valence-corrected chi connectivity index (χ3v) is 3.22. The van der Waals surface area contributed by atoms with Gasteiger partial charge >= 0.3 is 5.97 Å². The molecule has 0 fully saturated rings. The first-order valence-electron chi connectivity index (χ1n) is 6.55. The molecule has 0 bridgehead atoms. The second-order valence-electron chi connectivity index (χ2n) is 5.26. The molecule has 0 radical (unpaired) electrons. The predicted octanol–water partition coefficient (Wildman–Crippen LogP) is 2.66. The lowest BCUT2D eigenvalue weighted by Gasteiger charge is -2.20. The zero-order valence-corrected chi connectivity index (χ0v) is 12.1. The summed E-state index contributed by atoms with van der Waals surface area (Å²) in [5, 5.41) is 0. The molecule has 1 atom stereocenters. The molecule has 2 N–H and O–H groups in total. The number of carbonyl (C=O) groups is 1. The van der Waals surface area contributed by atoms with Gasteiger partial charge in [0, 0.05) is 12.1 Å². The summed E-state index contributed by atoms with van der Waals surface area (Å²) in [6, 6.07) is 1.06. The Morgan fingerprint density at radius 2 is 2.10 bits per heavy atom. The third-order valence-electron chi connectivity index (χ3n) is 3.22. The van der Waals surface area contributed by atoms with Crippen molar-refractivity contribution in [1.29, 1.82) is 0 Å². The maximum absolute atomic E-state index is 13.8. The van der Waals surface area contributed by atoms with Crippen LogP contribution in [0.2, 0.25) is 0 Å². The fourth-order valence-electron chi connectivity index (χ4n) is 2.36. The molecule has 0 spiro atoms. The van der Waals surface area contributed by atoms with Crippen molar-refractivity contribution in [1.82, 2.24) is 9.55 Å². The smallest absolute Gasteiger partial charge is 0.328 e. The highest BCUT2D eigenvalue weighted by molar-refractivity contribution is 5.83. The summed E-state index contributed by atoms with van der Waals surface area (Å²) in [5.74, 6) is -1.99. The van der Waals surface area contributed by atoms with E-state index in [9.17, 15) is 13.6 Å². The highest BCUT2D eigenvalue weighted by Crippen LogP contribution is 2.29. The van der Waals surface area contributed by atoms with Gasteiger partial charge in [0.15, 0.2) is 5.82 Å². The predicted molar refractivity (Wildman–Crippen MR) is 74.6 cm³/mol. The monoisotopic (exact) mass is 297 g/mol. The Labute approximate surface area is 120 Å². The Bertz CT molecular complexity index is 682. The number of imidazole rings is 1. The van der Waals surface area contributed by atoms with Gasteiger partial charge in [-0.25, -0.2) is 18.6 Å². The Morgan fingerprint density at radius 1 is 1.43 bits per heavy atom. The number of nitrogens with zero attached hydrogens (tertiary/aromatic N) is 2. The van der Waals surface area contributed by atoms with E-state index in [1.54, 1.807) is 0 Å². The van der Waals surface area contributed by atoms with Gasteiger partial charge in [0.1, 0.15) is 17.4 Å². The Kier molecular flexibility index (Phi) is 4.11. The minimum absolute atomic E-state index is 0.0504. The number of anilines is 1. The molecule has 0 aliphatic rings. The van der Waals surface area contributed by atoms with E-state index < -0.39 is 23.6 Å². The fourth-order valence-corrected chi connectivity index (χ4v) is 2.36. The molecule has 0 aliphatic heterocycles. The molecule has 114 valence electrons. The molecule has 5 nitrogen and oxygen atoms in total. The molecule has 1 aromatic heterocycles. The third kappa shape index (κ3) is 2.81. The maximum atomic E-state index is 13.8. The molecule has 0 aliphatic carbocycles. The first-order chi connectivity index (χ1) is 9.85. The van der Waals surface area contributed by atoms with Gasteiger partial charge in [0.05, 0.1) is 12.6 Å². The number of esters is 1. The van der Waals surface area contributed by atoms with Gasteiger partial charge < -0.3 is 10.5 Å². The summed E-state index contributed by atoms with van der Waals surface area (Å²) >= 11 is 0. The van der Waals surface area contributed by atoms with Gasteiger partial charge in [0.2, 0.25) is 5.95 Å². The van der Waals surface area contributed by atoms with Crippen LogP contribution < -0.4 is 5.73 Å². The largest absolute Gasteiger partial charge is 0.467 e. The van der Waals surface area contributed by atoms with Crippen molar-refractivity contribution in [3.63, 3.8) is 0 Å². The molecule has 0 amide bonds. The van der Waals surface area contributed by atoms with Gasteiger partial charge in [-0.15, -0.1) is 0 Å². The van der Waals surface area contributed by atoms with Crippen molar-refractivity contribution >= 4 is 23.0 Å². The minimum atomic E-state index is -0.816. The molecular weight excluding hydrogens is 280 g/mol. The minimum Gasteiger partial charge on any atom is -0.467 e. The van der Waals surface area contributed by atoms with Gasteiger partial charge in [-0.1, -0.05) is 13.8 Å². The van der Waals surface area contributed by atoms with Crippen LogP contribution in [0, 0.1) is 17.6 Å². The van der Waals surface area contributed by atoms with Crippen molar-refractivity contribution in [2.45, 2.75) is 26.3 Å². The van der Waals surface area contributed by atoms with Crippen LogP contribution in [-0.2, 0) is 9.53 Å². The van der Waals surface area contributed by atoms with Gasteiger partial charge in [-0.2, -0.15) is 0 Å². The van der Waals surface area contributed by atoms with Crippen molar-refractivity contribution in [2.75, 3.05) is 12.8 Å². The number of carbonyl (C=O) groups excluding carboxylic acids is 1. The number of rotatable bonds is 4. The van der Waals surface area contributed by atoms with Gasteiger partial charge in [-0.05, 0) is 12.3 Å². The number of hydrogen-bond donors (Lipinski definition) is 1. The van der Waals surface area contributed by atoms with Crippen LogP contribution >= 0.6 is 0 Å². The van der Waals surface area contributed by atoms with Crippen LogP contribution in [0.4, 0.5) is 14.7 Å². The number of fused-ring (bicyclic) bond motifs is 1. The van der Waals surface area contributed by atoms with Crippen LogP contribution in [0.5, 0.6) is 0 Å².